The second-order valence-electron chi connectivity index (χ2n) is 4.59. The number of hydrogen-bond acceptors (Lipinski definition) is 5. The summed E-state index contributed by atoms with van der Waals surface area (Å²) in [6.45, 7) is 0. The lowest BCUT2D eigenvalue weighted by Gasteiger charge is -2.08. The summed E-state index contributed by atoms with van der Waals surface area (Å²) in [5.41, 5.74) is 0.721. The fourth-order valence-corrected chi connectivity index (χ4v) is 5.79. The summed E-state index contributed by atoms with van der Waals surface area (Å²) in [6.07, 6.45) is 1.85. The van der Waals surface area contributed by atoms with Gasteiger partial charge in [0.05, 0.1) is 10.6 Å². The highest BCUT2D eigenvalue weighted by atomic mass is 32.2. The second kappa shape index (κ2) is 6.74. The lowest BCUT2D eigenvalue weighted by molar-refractivity contribution is 0.581. The van der Waals surface area contributed by atoms with Gasteiger partial charge in [-0.2, -0.15) is 0 Å². The van der Waals surface area contributed by atoms with Crippen molar-refractivity contribution < 1.29 is 8.42 Å². The SMILES string of the molecule is CSc1csc(=Nc2ccccc2)n1S(=O)(=O)c1ccccc1. The van der Waals surface area contributed by atoms with E-state index >= 15 is 0 Å². The Kier molecular flexibility index (Phi) is 4.70. The molecular weight excluding hydrogens is 348 g/mol. The number of hydrogen-bond donors (Lipinski definition) is 0. The van der Waals surface area contributed by atoms with Gasteiger partial charge in [0.2, 0.25) is 4.80 Å². The molecule has 0 bridgehead atoms. The number of rotatable bonds is 4. The standard InChI is InChI=1S/C16H14N2O2S3/c1-21-15-12-22-16(17-13-8-4-2-5-9-13)18(15)23(19,20)14-10-6-3-7-11-14/h2-12H,1H3. The number of thioether (sulfide) groups is 1. The van der Waals surface area contributed by atoms with E-state index in [4.69, 9.17) is 0 Å². The van der Waals surface area contributed by atoms with Gasteiger partial charge in [-0.25, -0.2) is 17.4 Å². The van der Waals surface area contributed by atoms with Crippen molar-refractivity contribution in [2.24, 2.45) is 4.99 Å². The van der Waals surface area contributed by atoms with Crippen LogP contribution in [0.2, 0.25) is 0 Å². The molecule has 4 nitrogen and oxygen atoms in total. The molecule has 0 atom stereocenters. The van der Waals surface area contributed by atoms with Crippen LogP contribution in [0.1, 0.15) is 0 Å². The maximum atomic E-state index is 13.0. The van der Waals surface area contributed by atoms with Crippen molar-refractivity contribution in [3.8, 4) is 0 Å². The maximum Gasteiger partial charge on any atom is 0.270 e. The summed E-state index contributed by atoms with van der Waals surface area (Å²) in [7, 11) is -3.68. The lowest BCUT2D eigenvalue weighted by atomic mass is 10.3. The predicted molar refractivity (Wildman–Crippen MR) is 94.8 cm³/mol. The van der Waals surface area contributed by atoms with Crippen molar-refractivity contribution in [3.63, 3.8) is 0 Å². The van der Waals surface area contributed by atoms with Crippen LogP contribution < -0.4 is 4.80 Å². The van der Waals surface area contributed by atoms with Gasteiger partial charge in [0.25, 0.3) is 10.0 Å². The van der Waals surface area contributed by atoms with E-state index in [9.17, 15) is 8.42 Å². The molecule has 0 saturated carbocycles. The Bertz CT molecular complexity index is 959. The van der Waals surface area contributed by atoms with E-state index in [2.05, 4.69) is 4.99 Å². The molecule has 118 valence electrons. The third-order valence-electron chi connectivity index (χ3n) is 3.11. The van der Waals surface area contributed by atoms with Crippen molar-refractivity contribution in [3.05, 3.63) is 70.8 Å². The molecule has 1 aromatic heterocycles. The first-order valence-corrected chi connectivity index (χ1v) is 10.3. The summed E-state index contributed by atoms with van der Waals surface area (Å²) in [4.78, 5) is 5.18. The Balaban J connectivity index is 2.24. The Morgan fingerprint density at radius 2 is 1.61 bits per heavy atom. The van der Waals surface area contributed by atoms with Gasteiger partial charge in [0.15, 0.2) is 0 Å². The zero-order valence-electron chi connectivity index (χ0n) is 12.3. The van der Waals surface area contributed by atoms with Crippen LogP contribution in [0.5, 0.6) is 0 Å². The molecule has 0 unspecified atom stereocenters. The van der Waals surface area contributed by atoms with Gasteiger partial charge in [-0.15, -0.1) is 23.1 Å². The van der Waals surface area contributed by atoms with E-state index in [0.717, 1.165) is 5.69 Å². The molecule has 0 saturated heterocycles. The molecule has 2 aromatic carbocycles. The minimum atomic E-state index is -3.68. The van der Waals surface area contributed by atoms with Gasteiger partial charge < -0.3 is 0 Å². The molecule has 0 aliphatic heterocycles. The van der Waals surface area contributed by atoms with Crippen LogP contribution in [-0.2, 0) is 10.0 Å². The van der Waals surface area contributed by atoms with Gasteiger partial charge in [-0.05, 0) is 30.5 Å². The van der Waals surface area contributed by atoms with Crippen LogP contribution in [0.25, 0.3) is 0 Å². The molecule has 0 N–H and O–H groups in total. The first-order valence-electron chi connectivity index (χ1n) is 6.78. The highest BCUT2D eigenvalue weighted by Gasteiger charge is 2.21. The van der Waals surface area contributed by atoms with Crippen molar-refractivity contribution in [2.75, 3.05) is 6.26 Å². The summed E-state index contributed by atoms with van der Waals surface area (Å²) >= 11 is 2.70. The third-order valence-corrected chi connectivity index (χ3v) is 6.75. The molecule has 3 aromatic rings. The summed E-state index contributed by atoms with van der Waals surface area (Å²) in [5.74, 6) is 0. The molecular formula is C16H14N2O2S3. The van der Waals surface area contributed by atoms with Crippen LogP contribution >= 0.6 is 23.1 Å². The van der Waals surface area contributed by atoms with E-state index in [1.807, 2.05) is 42.0 Å². The molecule has 0 aliphatic carbocycles. The number of benzene rings is 2. The number of para-hydroxylation sites is 1. The van der Waals surface area contributed by atoms with Crippen molar-refractivity contribution in [1.82, 2.24) is 3.97 Å². The number of aromatic nitrogens is 1. The predicted octanol–water partition coefficient (Wildman–Crippen LogP) is 3.74. The zero-order valence-corrected chi connectivity index (χ0v) is 14.7. The van der Waals surface area contributed by atoms with E-state index in [1.54, 1.807) is 30.3 Å². The molecule has 23 heavy (non-hydrogen) atoms. The van der Waals surface area contributed by atoms with E-state index < -0.39 is 10.0 Å². The van der Waals surface area contributed by atoms with Gasteiger partial charge in [-0.1, -0.05) is 36.4 Å². The zero-order chi connectivity index (χ0) is 16.3. The molecule has 7 heteroatoms. The molecule has 0 radical (unpaired) electrons. The first kappa shape index (κ1) is 16.0. The Hall–Kier alpha value is -1.83. The summed E-state index contributed by atoms with van der Waals surface area (Å²) < 4.78 is 27.3. The molecule has 1 heterocycles. The van der Waals surface area contributed by atoms with Crippen molar-refractivity contribution >= 4 is 38.8 Å². The summed E-state index contributed by atoms with van der Waals surface area (Å²) in [6, 6.07) is 17.7. The Labute approximate surface area is 143 Å². The first-order chi connectivity index (χ1) is 11.1. The smallest absolute Gasteiger partial charge is 0.220 e. The Morgan fingerprint density at radius 1 is 1.00 bits per heavy atom. The van der Waals surface area contributed by atoms with Crippen LogP contribution in [0.3, 0.4) is 0 Å². The van der Waals surface area contributed by atoms with Gasteiger partial charge in [0, 0.05) is 5.38 Å². The Morgan fingerprint density at radius 3 is 2.22 bits per heavy atom. The van der Waals surface area contributed by atoms with E-state index in [-0.39, 0.29) is 4.90 Å². The van der Waals surface area contributed by atoms with E-state index in [1.165, 1.54) is 27.1 Å². The van der Waals surface area contributed by atoms with Gasteiger partial charge in [0.1, 0.15) is 5.03 Å². The van der Waals surface area contributed by atoms with Crippen LogP contribution in [0.15, 0.2) is 81.0 Å². The number of nitrogens with zero attached hydrogens (tertiary/aromatic N) is 2. The molecule has 0 aliphatic rings. The van der Waals surface area contributed by atoms with Crippen LogP contribution in [0.4, 0.5) is 5.69 Å². The third kappa shape index (κ3) is 3.26. The lowest BCUT2D eigenvalue weighted by Crippen LogP contribution is -2.24. The van der Waals surface area contributed by atoms with Gasteiger partial charge in [-0.3, -0.25) is 0 Å². The fourth-order valence-electron chi connectivity index (χ4n) is 2.03. The molecule has 0 spiro atoms. The minimum Gasteiger partial charge on any atom is -0.220 e. The van der Waals surface area contributed by atoms with Crippen molar-refractivity contribution in [1.29, 1.82) is 0 Å². The molecule has 3 rings (SSSR count). The minimum absolute atomic E-state index is 0.253. The average molecular weight is 363 g/mol. The highest BCUT2D eigenvalue weighted by Crippen LogP contribution is 2.22. The average Bonchev–Trinajstić information content (AvgIpc) is 3.00. The fraction of sp³-hybridized carbons (Fsp3) is 0.0625. The van der Waals surface area contributed by atoms with E-state index in [0.29, 0.717) is 9.83 Å². The molecule has 0 amide bonds. The monoisotopic (exact) mass is 362 g/mol. The number of thiazole rings is 1. The maximum absolute atomic E-state index is 13.0. The largest absolute Gasteiger partial charge is 0.270 e. The summed E-state index contributed by atoms with van der Waals surface area (Å²) in [5, 5.41) is 2.46. The van der Waals surface area contributed by atoms with Gasteiger partial charge >= 0.3 is 0 Å². The second-order valence-corrected chi connectivity index (χ2v) is 8.04. The normalized spacial score (nSPS) is 12.5. The van der Waals surface area contributed by atoms with Crippen molar-refractivity contribution in [2.45, 2.75) is 9.92 Å². The topological polar surface area (TPSA) is 51.4 Å². The highest BCUT2D eigenvalue weighted by molar-refractivity contribution is 7.99. The molecule has 0 fully saturated rings. The quantitative estimate of drug-likeness (QED) is 0.664. The van der Waals surface area contributed by atoms with Crippen LogP contribution in [-0.4, -0.2) is 18.6 Å². The van der Waals surface area contributed by atoms with Crippen LogP contribution in [0, 0.1) is 0 Å².